The summed E-state index contributed by atoms with van der Waals surface area (Å²) in [7, 11) is -1.34. The van der Waals surface area contributed by atoms with Gasteiger partial charge in [-0.25, -0.2) is 0 Å². The summed E-state index contributed by atoms with van der Waals surface area (Å²) in [6.45, 7) is 5.54. The number of carbonyl (C=O) groups is 1. The summed E-state index contributed by atoms with van der Waals surface area (Å²) in [5, 5.41) is 14.4. The number of carbonyl (C=O) groups excluding carboxylic acids is 1. The average molecular weight is 608 g/mol. The lowest BCUT2D eigenvalue weighted by Crippen LogP contribution is -2.31. The monoisotopic (exact) mass is 607 g/mol. The number of hydrogen-bond donors (Lipinski definition) is 2. The van der Waals surface area contributed by atoms with Gasteiger partial charge in [-0.3, -0.25) is 9.00 Å². The molecule has 2 N–H and O–H groups in total. The Morgan fingerprint density at radius 1 is 0.791 bits per heavy atom. The Labute approximate surface area is 260 Å². The molecule has 218 valence electrons. The van der Waals surface area contributed by atoms with E-state index in [4.69, 9.17) is 11.6 Å². The van der Waals surface area contributed by atoms with Crippen molar-refractivity contribution in [3.05, 3.63) is 159 Å². The van der Waals surface area contributed by atoms with Gasteiger partial charge in [0.25, 0.3) is 5.91 Å². The van der Waals surface area contributed by atoms with Gasteiger partial charge in [0, 0.05) is 11.2 Å². The molecule has 0 heterocycles. The molecular weight excluding hydrogens is 574 g/mol. The molecule has 5 aromatic carbocycles. The summed E-state index contributed by atoms with van der Waals surface area (Å²) < 4.78 is 12.5. The minimum absolute atomic E-state index is 0.0700. The number of rotatable bonds is 8. The molecule has 5 rings (SSSR count). The van der Waals surface area contributed by atoms with Gasteiger partial charge in [-0.15, -0.1) is 0 Å². The Kier molecular flexibility index (Phi) is 8.86. The van der Waals surface area contributed by atoms with Crippen LogP contribution in [0.3, 0.4) is 0 Å². The zero-order valence-corrected chi connectivity index (χ0v) is 26.2. The first-order valence-electron chi connectivity index (χ1n) is 14.1. The molecule has 1 amide bonds. The van der Waals surface area contributed by atoms with Crippen molar-refractivity contribution in [3.8, 4) is 5.75 Å². The minimum atomic E-state index is -1.34. The van der Waals surface area contributed by atoms with Crippen LogP contribution in [0.4, 0.5) is 5.69 Å². The second kappa shape index (κ2) is 12.6. The third-order valence-electron chi connectivity index (χ3n) is 7.97. The van der Waals surface area contributed by atoms with E-state index in [-0.39, 0.29) is 17.2 Å². The summed E-state index contributed by atoms with van der Waals surface area (Å²) in [5.41, 5.74) is 5.03. The Hall–Kier alpha value is -4.19. The van der Waals surface area contributed by atoms with Gasteiger partial charge in [0.1, 0.15) is 5.75 Å². The predicted octanol–water partition coefficient (Wildman–Crippen LogP) is 8.85. The Morgan fingerprint density at radius 3 is 1.70 bits per heavy atom. The lowest BCUT2D eigenvalue weighted by atomic mass is 9.65. The summed E-state index contributed by atoms with van der Waals surface area (Å²) >= 11 is 6.95. The Balaban J connectivity index is 1.65. The molecule has 0 aliphatic rings. The second-order valence-electron chi connectivity index (χ2n) is 10.9. The third-order valence-corrected chi connectivity index (χ3v) is 9.33. The van der Waals surface area contributed by atoms with E-state index < -0.39 is 22.1 Å². The maximum atomic E-state index is 13.7. The van der Waals surface area contributed by atoms with Crippen LogP contribution in [-0.2, 0) is 16.2 Å². The maximum absolute atomic E-state index is 13.7. The van der Waals surface area contributed by atoms with Gasteiger partial charge in [0.05, 0.1) is 32.5 Å². The molecule has 43 heavy (non-hydrogen) atoms. The van der Waals surface area contributed by atoms with Gasteiger partial charge in [0.15, 0.2) is 0 Å². The minimum Gasteiger partial charge on any atom is -0.507 e. The fourth-order valence-corrected chi connectivity index (χ4v) is 6.93. The predicted molar refractivity (Wildman–Crippen MR) is 177 cm³/mol. The molecular formula is C37H34ClNO3S. The molecule has 0 aliphatic heterocycles. The molecule has 1 unspecified atom stereocenters. The van der Waals surface area contributed by atoms with E-state index in [1.807, 2.05) is 80.6 Å². The number of halogens is 1. The Bertz CT molecular complexity index is 1690. The highest BCUT2D eigenvalue weighted by molar-refractivity contribution is 7.84. The SMILES string of the molecule is Cc1c(S(C)=O)cc(C(C)C)c(O)c1C(=O)Nc1ccc(C(c2ccccc2)(c2ccccc2)c2ccccc2)cc1Cl. The van der Waals surface area contributed by atoms with Gasteiger partial charge in [0.2, 0.25) is 0 Å². The fourth-order valence-electron chi connectivity index (χ4n) is 5.88. The average Bonchev–Trinajstić information content (AvgIpc) is 3.00. The van der Waals surface area contributed by atoms with Gasteiger partial charge in [-0.05, 0) is 64.4 Å². The van der Waals surface area contributed by atoms with Crippen molar-refractivity contribution in [3.63, 3.8) is 0 Å². The van der Waals surface area contributed by atoms with Crippen molar-refractivity contribution in [1.82, 2.24) is 0 Å². The first kappa shape index (κ1) is 30.3. The number of phenolic OH excluding ortho intramolecular Hbond substituents is 1. The molecule has 4 nitrogen and oxygen atoms in total. The smallest absolute Gasteiger partial charge is 0.259 e. The van der Waals surface area contributed by atoms with E-state index in [2.05, 4.69) is 41.7 Å². The van der Waals surface area contributed by atoms with Gasteiger partial charge in [-0.1, -0.05) is 123 Å². The molecule has 0 radical (unpaired) electrons. The van der Waals surface area contributed by atoms with Gasteiger partial charge in [-0.2, -0.15) is 0 Å². The van der Waals surface area contributed by atoms with Crippen molar-refractivity contribution >= 4 is 34.0 Å². The molecule has 1 atom stereocenters. The van der Waals surface area contributed by atoms with E-state index in [9.17, 15) is 14.1 Å². The highest BCUT2D eigenvalue weighted by atomic mass is 35.5. The lowest BCUT2D eigenvalue weighted by molar-refractivity contribution is 0.102. The van der Waals surface area contributed by atoms with Crippen LogP contribution in [0.15, 0.2) is 120 Å². The number of amides is 1. The van der Waals surface area contributed by atoms with E-state index in [1.54, 1.807) is 25.3 Å². The zero-order chi connectivity index (χ0) is 30.7. The number of phenols is 1. The molecule has 0 spiro atoms. The molecule has 0 bridgehead atoms. The van der Waals surface area contributed by atoms with Crippen LogP contribution in [0.1, 0.15) is 63.5 Å². The quantitative estimate of drug-likeness (QED) is 0.173. The molecule has 0 aromatic heterocycles. The number of benzene rings is 5. The van der Waals surface area contributed by atoms with Crippen LogP contribution in [0.25, 0.3) is 0 Å². The van der Waals surface area contributed by atoms with Crippen molar-refractivity contribution in [1.29, 1.82) is 0 Å². The zero-order valence-electron chi connectivity index (χ0n) is 24.6. The van der Waals surface area contributed by atoms with Crippen molar-refractivity contribution in [2.45, 2.75) is 37.0 Å². The van der Waals surface area contributed by atoms with E-state index in [0.717, 1.165) is 22.3 Å². The highest BCUT2D eigenvalue weighted by Crippen LogP contribution is 2.46. The standard InChI is InChI=1S/C37H34ClNO3S/c1-24(2)30-23-33(43(4)42)25(3)34(35(30)40)36(41)39-32-21-20-29(22-31(32)38)37(26-14-8-5-9-15-26,27-16-10-6-11-17-27)28-18-12-7-13-19-28/h5-24,40H,1-4H3,(H,39,41). The highest BCUT2D eigenvalue weighted by Gasteiger charge is 2.38. The van der Waals surface area contributed by atoms with Crippen LogP contribution in [-0.4, -0.2) is 21.5 Å². The third kappa shape index (κ3) is 5.63. The van der Waals surface area contributed by atoms with E-state index in [1.165, 1.54) is 0 Å². The van der Waals surface area contributed by atoms with Gasteiger partial charge >= 0.3 is 0 Å². The first-order chi connectivity index (χ1) is 20.7. The van der Waals surface area contributed by atoms with Crippen LogP contribution in [0, 0.1) is 6.92 Å². The fraction of sp³-hybridized carbons (Fsp3) is 0.162. The molecule has 6 heteroatoms. The Morgan fingerprint density at radius 2 is 1.28 bits per heavy atom. The normalized spacial score (nSPS) is 12.2. The summed E-state index contributed by atoms with van der Waals surface area (Å²) in [6.07, 6.45) is 1.57. The van der Waals surface area contributed by atoms with Crippen LogP contribution >= 0.6 is 11.6 Å². The number of aromatic hydroxyl groups is 1. The van der Waals surface area contributed by atoms with E-state index >= 15 is 0 Å². The number of anilines is 1. The van der Waals surface area contributed by atoms with Crippen molar-refractivity contribution in [2.75, 3.05) is 11.6 Å². The number of nitrogens with one attached hydrogen (secondary N) is 1. The molecule has 0 saturated carbocycles. The maximum Gasteiger partial charge on any atom is 0.259 e. The van der Waals surface area contributed by atoms with Crippen LogP contribution in [0.5, 0.6) is 5.75 Å². The van der Waals surface area contributed by atoms with Crippen molar-refractivity contribution < 1.29 is 14.1 Å². The van der Waals surface area contributed by atoms with E-state index in [0.29, 0.717) is 26.7 Å². The van der Waals surface area contributed by atoms with Crippen LogP contribution < -0.4 is 5.32 Å². The summed E-state index contributed by atoms with van der Waals surface area (Å²) in [6, 6.07) is 38.3. The molecule has 5 aromatic rings. The first-order valence-corrected chi connectivity index (χ1v) is 16.1. The summed E-state index contributed by atoms with van der Waals surface area (Å²) in [5.74, 6) is -0.693. The molecule has 0 aliphatic carbocycles. The van der Waals surface area contributed by atoms with Gasteiger partial charge < -0.3 is 10.4 Å². The largest absolute Gasteiger partial charge is 0.507 e. The second-order valence-corrected chi connectivity index (χ2v) is 12.7. The topological polar surface area (TPSA) is 66.4 Å². The number of hydrogen-bond acceptors (Lipinski definition) is 3. The summed E-state index contributed by atoms with van der Waals surface area (Å²) in [4.78, 5) is 14.2. The van der Waals surface area contributed by atoms with Crippen LogP contribution in [0.2, 0.25) is 5.02 Å². The lowest BCUT2D eigenvalue weighted by Gasteiger charge is -2.37. The van der Waals surface area contributed by atoms with Crippen molar-refractivity contribution in [2.24, 2.45) is 0 Å². The molecule has 0 fully saturated rings. The molecule has 0 saturated heterocycles.